The minimum absolute atomic E-state index is 0.246. The highest BCUT2D eigenvalue weighted by molar-refractivity contribution is 7.09. The van der Waals surface area contributed by atoms with Crippen LogP contribution >= 0.6 is 11.3 Å². The summed E-state index contributed by atoms with van der Waals surface area (Å²) in [6.45, 7) is 1.98. The number of hydrogen-bond donors (Lipinski definition) is 4. The van der Waals surface area contributed by atoms with E-state index in [1.165, 1.54) is 0 Å². The molecule has 8 nitrogen and oxygen atoms in total. The zero-order valence-corrected chi connectivity index (χ0v) is 19.1. The number of thiazole rings is 1. The summed E-state index contributed by atoms with van der Waals surface area (Å²) in [6.07, 6.45) is 8.21. The molecular formula is C24H27N7OS. The largest absolute Gasteiger partial charge is 0.368 e. The summed E-state index contributed by atoms with van der Waals surface area (Å²) in [4.78, 5) is 25.6. The van der Waals surface area contributed by atoms with Gasteiger partial charge in [0.05, 0.1) is 10.4 Å². The molecule has 1 aliphatic carbocycles. The molecule has 3 heterocycles. The summed E-state index contributed by atoms with van der Waals surface area (Å²) in [6, 6.07) is 8.07. The Labute approximate surface area is 196 Å². The van der Waals surface area contributed by atoms with E-state index in [2.05, 4.69) is 25.6 Å². The number of nitrogen functional groups attached to an aromatic ring is 1. The molecule has 5 N–H and O–H groups in total. The highest BCUT2D eigenvalue weighted by Crippen LogP contribution is 2.44. The van der Waals surface area contributed by atoms with Crippen LogP contribution < -0.4 is 16.4 Å². The van der Waals surface area contributed by atoms with Gasteiger partial charge in [-0.1, -0.05) is 30.7 Å². The van der Waals surface area contributed by atoms with Crippen molar-refractivity contribution in [3.63, 3.8) is 0 Å². The van der Waals surface area contributed by atoms with E-state index < -0.39 is 5.41 Å². The maximum Gasteiger partial charge on any atom is 0.276 e. The first-order chi connectivity index (χ1) is 16.0. The van der Waals surface area contributed by atoms with Crippen molar-refractivity contribution in [2.24, 2.45) is 0 Å². The quantitative estimate of drug-likeness (QED) is 0.340. The van der Waals surface area contributed by atoms with E-state index in [4.69, 9.17) is 11.1 Å². The highest BCUT2D eigenvalue weighted by atomic mass is 32.1. The molecule has 0 radical (unpaired) electrons. The van der Waals surface area contributed by atoms with Crippen LogP contribution in [0.15, 0.2) is 42.0 Å². The number of benzene rings is 1. The number of piperidine rings is 1. The van der Waals surface area contributed by atoms with Gasteiger partial charge in [0, 0.05) is 29.3 Å². The van der Waals surface area contributed by atoms with Crippen LogP contribution in [0, 0.1) is 5.41 Å². The van der Waals surface area contributed by atoms with E-state index in [0.29, 0.717) is 11.6 Å². The van der Waals surface area contributed by atoms with Gasteiger partial charge in [-0.25, -0.2) is 15.0 Å². The van der Waals surface area contributed by atoms with Crippen LogP contribution in [0.4, 0.5) is 5.95 Å². The van der Waals surface area contributed by atoms with E-state index in [0.717, 1.165) is 66.9 Å². The number of amidine groups is 1. The Bertz CT molecular complexity index is 1150. The van der Waals surface area contributed by atoms with Crippen LogP contribution in [0.5, 0.6) is 0 Å². The van der Waals surface area contributed by atoms with Crippen LogP contribution in [0.3, 0.4) is 0 Å². The topological polar surface area (TPSA) is 130 Å². The third kappa shape index (κ3) is 4.26. The molecule has 0 bridgehead atoms. The Balaban J connectivity index is 1.29. The van der Waals surface area contributed by atoms with Crippen molar-refractivity contribution in [2.75, 3.05) is 18.8 Å². The van der Waals surface area contributed by atoms with E-state index in [1.54, 1.807) is 23.7 Å². The van der Waals surface area contributed by atoms with Gasteiger partial charge < -0.3 is 16.4 Å². The zero-order chi connectivity index (χ0) is 22.8. The van der Waals surface area contributed by atoms with Crippen molar-refractivity contribution in [3.05, 3.63) is 58.3 Å². The van der Waals surface area contributed by atoms with E-state index in [1.807, 2.05) is 29.6 Å². The van der Waals surface area contributed by atoms with Crippen molar-refractivity contribution in [1.29, 1.82) is 5.41 Å². The molecule has 2 aliphatic rings. The van der Waals surface area contributed by atoms with Gasteiger partial charge >= 0.3 is 0 Å². The van der Waals surface area contributed by atoms with Gasteiger partial charge in [-0.15, -0.1) is 11.3 Å². The summed E-state index contributed by atoms with van der Waals surface area (Å²) in [5, 5.41) is 17.8. The summed E-state index contributed by atoms with van der Waals surface area (Å²) < 4.78 is 0. The molecule has 0 unspecified atom stereocenters. The molecule has 170 valence electrons. The van der Waals surface area contributed by atoms with Crippen LogP contribution in [0.1, 0.15) is 59.1 Å². The fourth-order valence-electron chi connectivity index (χ4n) is 4.63. The van der Waals surface area contributed by atoms with Crippen LogP contribution in [0.25, 0.3) is 11.1 Å². The lowest BCUT2D eigenvalue weighted by molar-refractivity contribution is 0.0967. The number of nitrogens with zero attached hydrogens (tertiary/aromatic N) is 3. The molecule has 1 aromatic carbocycles. The molecule has 1 amide bonds. The smallest absolute Gasteiger partial charge is 0.276 e. The molecule has 0 spiro atoms. The molecule has 0 atom stereocenters. The molecule has 2 aromatic heterocycles. The highest BCUT2D eigenvalue weighted by Gasteiger charge is 2.43. The summed E-state index contributed by atoms with van der Waals surface area (Å²) >= 11 is 1.55. The molecular weight excluding hydrogens is 434 g/mol. The number of nitrogens with one attached hydrogen (secondary N) is 3. The van der Waals surface area contributed by atoms with E-state index >= 15 is 0 Å². The van der Waals surface area contributed by atoms with Gasteiger partial charge in [-0.3, -0.25) is 10.2 Å². The van der Waals surface area contributed by atoms with E-state index in [-0.39, 0.29) is 17.7 Å². The monoisotopic (exact) mass is 461 g/mol. The Morgan fingerprint density at radius 1 is 1.12 bits per heavy atom. The first-order valence-corrected chi connectivity index (χ1v) is 12.2. The van der Waals surface area contributed by atoms with Gasteiger partial charge in [-0.05, 0) is 49.9 Å². The third-order valence-corrected chi connectivity index (χ3v) is 7.82. The summed E-state index contributed by atoms with van der Waals surface area (Å²) in [5.41, 5.74) is 8.43. The SMILES string of the molecule is N=C(NC(=O)c1csc(C2CCNCC2)n1)C1(c2ccc(-c3cnc(N)nc3)cc2)CCC1. The van der Waals surface area contributed by atoms with Gasteiger partial charge in [0.1, 0.15) is 11.5 Å². The Morgan fingerprint density at radius 3 is 2.45 bits per heavy atom. The molecule has 1 aliphatic heterocycles. The predicted octanol–water partition coefficient (Wildman–Crippen LogP) is 3.48. The van der Waals surface area contributed by atoms with E-state index in [9.17, 15) is 4.79 Å². The first-order valence-electron chi connectivity index (χ1n) is 11.3. The lowest BCUT2D eigenvalue weighted by Crippen LogP contribution is -2.50. The Kier molecular flexibility index (Phi) is 5.90. The number of amides is 1. The Morgan fingerprint density at radius 2 is 1.82 bits per heavy atom. The van der Waals surface area contributed by atoms with Crippen molar-refractivity contribution >= 4 is 29.0 Å². The van der Waals surface area contributed by atoms with Gasteiger partial charge in [-0.2, -0.15) is 0 Å². The molecule has 33 heavy (non-hydrogen) atoms. The summed E-state index contributed by atoms with van der Waals surface area (Å²) in [7, 11) is 0. The van der Waals surface area contributed by atoms with Crippen molar-refractivity contribution in [1.82, 2.24) is 25.6 Å². The second kappa shape index (κ2) is 8.99. The van der Waals surface area contributed by atoms with Gasteiger partial charge in [0.25, 0.3) is 5.91 Å². The molecule has 1 saturated heterocycles. The van der Waals surface area contributed by atoms with Crippen molar-refractivity contribution in [2.45, 2.75) is 43.4 Å². The number of hydrogen-bond acceptors (Lipinski definition) is 8. The number of rotatable bonds is 5. The fraction of sp³-hybridized carbons (Fsp3) is 0.375. The third-order valence-electron chi connectivity index (χ3n) is 6.81. The van der Waals surface area contributed by atoms with Crippen LogP contribution in [-0.2, 0) is 5.41 Å². The predicted molar refractivity (Wildman–Crippen MR) is 130 cm³/mol. The number of nitrogens with two attached hydrogens (primary N) is 1. The molecule has 2 fully saturated rings. The second-order valence-electron chi connectivity index (χ2n) is 8.77. The number of aromatic nitrogens is 3. The second-order valence-corrected chi connectivity index (χ2v) is 9.66. The molecule has 1 saturated carbocycles. The minimum atomic E-state index is -0.459. The van der Waals surface area contributed by atoms with Crippen molar-refractivity contribution in [3.8, 4) is 11.1 Å². The Hall–Kier alpha value is -3.17. The van der Waals surface area contributed by atoms with Crippen molar-refractivity contribution < 1.29 is 4.79 Å². The number of anilines is 1. The van der Waals surface area contributed by atoms with Crippen LogP contribution in [-0.4, -0.2) is 39.8 Å². The van der Waals surface area contributed by atoms with Gasteiger partial charge in [0.15, 0.2) is 0 Å². The maximum atomic E-state index is 12.9. The first kappa shape index (κ1) is 21.7. The molecule has 9 heteroatoms. The van der Waals surface area contributed by atoms with Crippen LogP contribution in [0.2, 0.25) is 0 Å². The average molecular weight is 462 g/mol. The molecule has 5 rings (SSSR count). The average Bonchev–Trinajstić information content (AvgIpc) is 3.31. The lowest BCUT2D eigenvalue weighted by atomic mass is 9.63. The normalized spacial score (nSPS) is 17.8. The molecule has 3 aromatic rings. The van der Waals surface area contributed by atoms with Gasteiger partial charge in [0.2, 0.25) is 5.95 Å². The minimum Gasteiger partial charge on any atom is -0.368 e. The fourth-order valence-corrected chi connectivity index (χ4v) is 5.60. The number of carbonyl (C=O) groups excluding carboxylic acids is 1. The maximum absolute atomic E-state index is 12.9. The summed E-state index contributed by atoms with van der Waals surface area (Å²) in [5.74, 6) is 0.619. The standard InChI is InChI=1S/C24H27N7OS/c25-22(31-20(32)19-14-33-21(30-19)16-6-10-27-11-7-16)24(8-1-9-24)18-4-2-15(3-5-18)17-12-28-23(26)29-13-17/h2-5,12-14,16,27H,1,6-11H2,(H2,25,31,32)(H2,26,28,29). The zero-order valence-electron chi connectivity index (χ0n) is 18.3. The number of carbonyl (C=O) groups is 1. The lowest BCUT2D eigenvalue weighted by Gasteiger charge is -2.42.